The molecule has 1 aliphatic heterocycles. The molecule has 1 aromatic heterocycles. The number of carbonyl (C=O) groups excluding carboxylic acids is 1. The van der Waals surface area contributed by atoms with Crippen LogP contribution in [0.5, 0.6) is 0 Å². The van der Waals surface area contributed by atoms with Crippen LogP contribution < -0.4 is 0 Å². The summed E-state index contributed by atoms with van der Waals surface area (Å²) in [5.74, 6) is -1.36. The van der Waals surface area contributed by atoms with Gasteiger partial charge in [0.25, 0.3) is 5.79 Å². The van der Waals surface area contributed by atoms with Crippen LogP contribution in [0.1, 0.15) is 31.5 Å². The Morgan fingerprint density at radius 3 is 3.05 bits per heavy atom. The van der Waals surface area contributed by atoms with E-state index in [1.54, 1.807) is 0 Å². The number of aromatic nitrogens is 1. The molecule has 0 amide bonds. The SMILES string of the molecule is CCC1(OC(C)=O)OCCc2c1[nH]c1ccc(Cl)cc21. The molecule has 0 fully saturated rings. The molecule has 1 aromatic carbocycles. The Labute approximate surface area is 122 Å². The minimum atomic E-state index is -1.01. The third-order valence-electron chi connectivity index (χ3n) is 3.71. The van der Waals surface area contributed by atoms with Gasteiger partial charge < -0.3 is 14.5 Å². The predicted octanol–water partition coefficient (Wildman–Crippen LogP) is 3.52. The number of H-pyrrole nitrogens is 1. The fourth-order valence-electron chi connectivity index (χ4n) is 2.86. The van der Waals surface area contributed by atoms with Crippen LogP contribution in [0.15, 0.2) is 18.2 Å². The Morgan fingerprint density at radius 1 is 1.55 bits per heavy atom. The molecule has 5 heteroatoms. The molecule has 2 aromatic rings. The van der Waals surface area contributed by atoms with E-state index in [0.717, 1.165) is 28.6 Å². The lowest BCUT2D eigenvalue weighted by molar-refractivity contribution is -0.245. The topological polar surface area (TPSA) is 51.3 Å². The molecule has 1 aliphatic rings. The molecule has 0 radical (unpaired) electrons. The molecule has 20 heavy (non-hydrogen) atoms. The van der Waals surface area contributed by atoms with Gasteiger partial charge in [-0.2, -0.15) is 0 Å². The van der Waals surface area contributed by atoms with Gasteiger partial charge >= 0.3 is 5.97 Å². The van der Waals surface area contributed by atoms with E-state index in [2.05, 4.69) is 4.98 Å². The second-order valence-corrected chi connectivity index (χ2v) is 5.40. The second kappa shape index (κ2) is 4.79. The van der Waals surface area contributed by atoms with E-state index < -0.39 is 5.79 Å². The number of fused-ring (bicyclic) bond motifs is 3. The van der Waals surface area contributed by atoms with Crippen LogP contribution in [0.3, 0.4) is 0 Å². The second-order valence-electron chi connectivity index (χ2n) is 4.97. The average molecular weight is 294 g/mol. The van der Waals surface area contributed by atoms with E-state index in [4.69, 9.17) is 21.1 Å². The molecule has 1 N–H and O–H groups in total. The van der Waals surface area contributed by atoms with Gasteiger partial charge in [0.1, 0.15) is 0 Å². The summed E-state index contributed by atoms with van der Waals surface area (Å²) < 4.78 is 11.3. The highest BCUT2D eigenvalue weighted by Gasteiger charge is 2.42. The van der Waals surface area contributed by atoms with Crippen LogP contribution in [-0.2, 0) is 26.5 Å². The first-order valence-corrected chi connectivity index (χ1v) is 7.07. The van der Waals surface area contributed by atoms with E-state index in [9.17, 15) is 4.79 Å². The van der Waals surface area contributed by atoms with Crippen molar-refractivity contribution in [3.8, 4) is 0 Å². The molecular formula is C15H16ClNO3. The Hall–Kier alpha value is -1.52. The Balaban J connectivity index is 2.21. The van der Waals surface area contributed by atoms with Crippen molar-refractivity contribution in [1.29, 1.82) is 0 Å². The van der Waals surface area contributed by atoms with Gasteiger partial charge in [0.05, 0.1) is 12.3 Å². The summed E-state index contributed by atoms with van der Waals surface area (Å²) >= 11 is 6.08. The van der Waals surface area contributed by atoms with Crippen molar-refractivity contribution in [2.24, 2.45) is 0 Å². The number of halogens is 1. The first-order valence-electron chi connectivity index (χ1n) is 6.70. The number of esters is 1. The van der Waals surface area contributed by atoms with Crippen molar-refractivity contribution in [3.05, 3.63) is 34.5 Å². The van der Waals surface area contributed by atoms with Crippen molar-refractivity contribution in [3.63, 3.8) is 0 Å². The van der Waals surface area contributed by atoms with Crippen molar-refractivity contribution in [1.82, 2.24) is 4.98 Å². The zero-order chi connectivity index (χ0) is 14.3. The summed E-state index contributed by atoms with van der Waals surface area (Å²) in [4.78, 5) is 14.7. The molecule has 0 bridgehead atoms. The van der Waals surface area contributed by atoms with Crippen molar-refractivity contribution in [2.75, 3.05) is 6.61 Å². The average Bonchev–Trinajstić information content (AvgIpc) is 2.78. The summed E-state index contributed by atoms with van der Waals surface area (Å²) in [7, 11) is 0. The standard InChI is InChI=1S/C15H16ClNO3/c1-3-15(20-9(2)18)14-11(6-7-19-15)12-8-10(16)4-5-13(12)17-14/h4-5,8,17H,3,6-7H2,1-2H3. The highest BCUT2D eigenvalue weighted by molar-refractivity contribution is 6.31. The highest BCUT2D eigenvalue weighted by atomic mass is 35.5. The van der Waals surface area contributed by atoms with Crippen molar-refractivity contribution < 1.29 is 14.3 Å². The molecule has 4 nitrogen and oxygen atoms in total. The molecule has 0 spiro atoms. The Bertz CT molecular complexity index is 679. The maximum atomic E-state index is 11.4. The maximum Gasteiger partial charge on any atom is 0.305 e. The monoisotopic (exact) mass is 293 g/mol. The third-order valence-corrected chi connectivity index (χ3v) is 3.95. The van der Waals surface area contributed by atoms with Crippen LogP contribution in [0.2, 0.25) is 5.02 Å². The minimum Gasteiger partial charge on any atom is -0.427 e. The molecule has 106 valence electrons. The van der Waals surface area contributed by atoms with Gasteiger partial charge in [-0.1, -0.05) is 18.5 Å². The number of ether oxygens (including phenoxy) is 2. The lowest BCUT2D eigenvalue weighted by Crippen LogP contribution is -2.39. The number of carbonyl (C=O) groups is 1. The van der Waals surface area contributed by atoms with Crippen molar-refractivity contribution in [2.45, 2.75) is 32.5 Å². The zero-order valence-electron chi connectivity index (χ0n) is 11.5. The number of benzene rings is 1. The van der Waals surface area contributed by atoms with Gasteiger partial charge in [0, 0.05) is 29.3 Å². The van der Waals surface area contributed by atoms with Gasteiger partial charge in [0.2, 0.25) is 0 Å². The predicted molar refractivity (Wildman–Crippen MR) is 76.7 cm³/mol. The summed E-state index contributed by atoms with van der Waals surface area (Å²) in [6, 6.07) is 5.71. The first-order chi connectivity index (χ1) is 9.55. The van der Waals surface area contributed by atoms with Gasteiger partial charge in [-0.05, 0) is 30.2 Å². The fraction of sp³-hybridized carbons (Fsp3) is 0.400. The van der Waals surface area contributed by atoms with E-state index in [-0.39, 0.29) is 5.97 Å². The van der Waals surface area contributed by atoms with Crippen LogP contribution in [0.4, 0.5) is 0 Å². The van der Waals surface area contributed by atoms with Gasteiger partial charge in [-0.25, -0.2) is 0 Å². The van der Waals surface area contributed by atoms with Gasteiger partial charge in [-0.15, -0.1) is 0 Å². The van der Waals surface area contributed by atoms with E-state index >= 15 is 0 Å². The summed E-state index contributed by atoms with van der Waals surface area (Å²) in [5, 5.41) is 1.76. The molecule has 1 atom stereocenters. The molecule has 1 unspecified atom stereocenters. The minimum absolute atomic E-state index is 0.351. The van der Waals surface area contributed by atoms with Gasteiger partial charge in [0.15, 0.2) is 0 Å². The van der Waals surface area contributed by atoms with Crippen LogP contribution in [0, 0.1) is 0 Å². The quantitative estimate of drug-likeness (QED) is 0.862. The van der Waals surface area contributed by atoms with Crippen LogP contribution in [-0.4, -0.2) is 17.6 Å². The highest BCUT2D eigenvalue weighted by Crippen LogP contribution is 2.40. The number of hydrogen-bond acceptors (Lipinski definition) is 3. The van der Waals surface area contributed by atoms with Crippen molar-refractivity contribution >= 4 is 28.5 Å². The summed E-state index contributed by atoms with van der Waals surface area (Å²) in [6.07, 6.45) is 1.33. The number of aromatic amines is 1. The smallest absolute Gasteiger partial charge is 0.305 e. The number of hydrogen-bond donors (Lipinski definition) is 1. The first kappa shape index (κ1) is 13.5. The molecule has 0 saturated heterocycles. The zero-order valence-corrected chi connectivity index (χ0v) is 12.2. The lowest BCUT2D eigenvalue weighted by atomic mass is 9.98. The normalized spacial score (nSPS) is 21.8. The lowest BCUT2D eigenvalue weighted by Gasteiger charge is -2.35. The van der Waals surface area contributed by atoms with E-state index in [0.29, 0.717) is 18.1 Å². The molecule has 2 heterocycles. The molecule has 3 rings (SSSR count). The number of rotatable bonds is 2. The van der Waals surface area contributed by atoms with Crippen LogP contribution in [0.25, 0.3) is 10.9 Å². The Morgan fingerprint density at radius 2 is 2.35 bits per heavy atom. The molecule has 0 saturated carbocycles. The molecular weight excluding hydrogens is 278 g/mol. The number of nitrogens with one attached hydrogen (secondary N) is 1. The van der Waals surface area contributed by atoms with Gasteiger partial charge in [-0.3, -0.25) is 4.79 Å². The fourth-order valence-corrected chi connectivity index (χ4v) is 3.03. The largest absolute Gasteiger partial charge is 0.427 e. The summed E-state index contributed by atoms with van der Waals surface area (Å²) in [6.45, 7) is 3.86. The van der Waals surface area contributed by atoms with Crippen LogP contribution >= 0.6 is 11.6 Å². The third kappa shape index (κ3) is 2.00. The van der Waals surface area contributed by atoms with E-state index in [1.165, 1.54) is 6.92 Å². The van der Waals surface area contributed by atoms with E-state index in [1.807, 2.05) is 25.1 Å². The molecule has 0 aliphatic carbocycles. The maximum absolute atomic E-state index is 11.4. The Kier molecular flexibility index (Phi) is 3.22. The summed E-state index contributed by atoms with van der Waals surface area (Å²) in [5.41, 5.74) is 2.94.